The largest absolute Gasteiger partial charge is 0.450 e. The van der Waals surface area contributed by atoms with E-state index < -0.39 is 0 Å². The van der Waals surface area contributed by atoms with Gasteiger partial charge in [0.1, 0.15) is 0 Å². The van der Waals surface area contributed by atoms with Gasteiger partial charge in [0, 0.05) is 31.2 Å². The molecule has 1 fully saturated rings. The van der Waals surface area contributed by atoms with E-state index in [1.165, 1.54) is 0 Å². The summed E-state index contributed by atoms with van der Waals surface area (Å²) in [7, 11) is 0. The Bertz CT molecular complexity index is 557. The smallest absolute Gasteiger partial charge is 0.409 e. The first-order valence-corrected chi connectivity index (χ1v) is 8.56. The molecular weight excluding hydrogens is 330 g/mol. The zero-order chi connectivity index (χ0) is 17.5. The molecule has 1 aromatic rings. The molecule has 2 amide bonds. The van der Waals surface area contributed by atoms with Gasteiger partial charge in [-0.3, -0.25) is 9.69 Å². The first kappa shape index (κ1) is 18.5. The summed E-state index contributed by atoms with van der Waals surface area (Å²) >= 11 is 5.87. The molecule has 1 saturated heterocycles. The number of rotatable bonds is 5. The maximum atomic E-state index is 12.2. The molecule has 0 radical (unpaired) electrons. The van der Waals surface area contributed by atoms with Gasteiger partial charge in [0.25, 0.3) is 0 Å². The molecule has 24 heavy (non-hydrogen) atoms. The Balaban J connectivity index is 1.75. The van der Waals surface area contributed by atoms with E-state index in [1.807, 2.05) is 36.1 Å². The van der Waals surface area contributed by atoms with Gasteiger partial charge in [-0.25, -0.2) is 4.79 Å². The molecule has 1 atom stereocenters. The topological polar surface area (TPSA) is 61.9 Å². The lowest BCUT2D eigenvalue weighted by molar-refractivity contribution is -0.123. The van der Waals surface area contributed by atoms with Crippen LogP contribution >= 0.6 is 11.6 Å². The predicted molar refractivity (Wildman–Crippen MR) is 93.0 cm³/mol. The van der Waals surface area contributed by atoms with E-state index in [2.05, 4.69) is 5.32 Å². The fraction of sp³-hybridized carbons (Fsp3) is 0.529. The van der Waals surface area contributed by atoms with Gasteiger partial charge >= 0.3 is 6.09 Å². The Morgan fingerprint density at radius 2 is 1.83 bits per heavy atom. The second kappa shape index (κ2) is 8.89. The van der Waals surface area contributed by atoms with Crippen LogP contribution < -0.4 is 5.32 Å². The lowest BCUT2D eigenvalue weighted by atomic mass is 10.1. The SMILES string of the molecule is CCOC(=O)N1CCN(CC(=O)N[C@H](C)c2ccc(Cl)cc2)CC1. The van der Waals surface area contributed by atoms with Crippen LogP contribution in [0.4, 0.5) is 4.79 Å². The molecule has 0 unspecified atom stereocenters. The number of hydrogen-bond acceptors (Lipinski definition) is 4. The van der Waals surface area contributed by atoms with E-state index >= 15 is 0 Å². The van der Waals surface area contributed by atoms with Crippen LogP contribution in [0.5, 0.6) is 0 Å². The highest BCUT2D eigenvalue weighted by atomic mass is 35.5. The highest BCUT2D eigenvalue weighted by Gasteiger charge is 2.23. The molecule has 1 aliphatic heterocycles. The highest BCUT2D eigenvalue weighted by Crippen LogP contribution is 2.16. The summed E-state index contributed by atoms with van der Waals surface area (Å²) in [6.45, 7) is 6.94. The zero-order valence-corrected chi connectivity index (χ0v) is 14.9. The number of carbonyl (C=O) groups excluding carboxylic acids is 2. The van der Waals surface area contributed by atoms with E-state index in [-0.39, 0.29) is 18.0 Å². The first-order chi connectivity index (χ1) is 11.5. The van der Waals surface area contributed by atoms with E-state index in [1.54, 1.807) is 11.8 Å². The van der Waals surface area contributed by atoms with Crippen LogP contribution in [0.2, 0.25) is 5.02 Å². The van der Waals surface area contributed by atoms with E-state index in [0.29, 0.717) is 44.4 Å². The van der Waals surface area contributed by atoms with Gasteiger partial charge in [0.2, 0.25) is 5.91 Å². The number of carbonyl (C=O) groups is 2. The van der Waals surface area contributed by atoms with Crippen molar-refractivity contribution in [2.45, 2.75) is 19.9 Å². The predicted octanol–water partition coefficient (Wildman–Crippen LogP) is 2.29. The van der Waals surface area contributed by atoms with Gasteiger partial charge in [-0.05, 0) is 31.5 Å². The fourth-order valence-electron chi connectivity index (χ4n) is 2.63. The minimum atomic E-state index is -0.280. The Morgan fingerprint density at radius 3 is 2.42 bits per heavy atom. The molecule has 132 valence electrons. The Kier molecular flexibility index (Phi) is 6.87. The van der Waals surface area contributed by atoms with Crippen LogP contribution in [-0.4, -0.2) is 61.1 Å². The van der Waals surface area contributed by atoms with Crippen molar-refractivity contribution in [3.63, 3.8) is 0 Å². The summed E-state index contributed by atoms with van der Waals surface area (Å²) in [6, 6.07) is 7.37. The van der Waals surface area contributed by atoms with Crippen LogP contribution in [0.15, 0.2) is 24.3 Å². The van der Waals surface area contributed by atoms with Gasteiger partial charge in [0.15, 0.2) is 0 Å². The standard InChI is InChI=1S/C17H24ClN3O3/c1-3-24-17(23)21-10-8-20(9-11-21)12-16(22)19-13(2)14-4-6-15(18)7-5-14/h4-7,13H,3,8-12H2,1-2H3,(H,19,22)/t13-/m1/s1. The summed E-state index contributed by atoms with van der Waals surface area (Å²) in [6.07, 6.45) is -0.280. The molecular formula is C17H24ClN3O3. The van der Waals surface area contributed by atoms with Gasteiger partial charge in [-0.15, -0.1) is 0 Å². The summed E-state index contributed by atoms with van der Waals surface area (Å²) in [5.41, 5.74) is 1.01. The normalized spacial score (nSPS) is 16.5. The molecule has 0 aliphatic carbocycles. The Morgan fingerprint density at radius 1 is 1.21 bits per heavy atom. The average molecular weight is 354 g/mol. The summed E-state index contributed by atoms with van der Waals surface area (Å²) in [4.78, 5) is 27.6. The molecule has 1 aromatic carbocycles. The molecule has 2 rings (SSSR count). The van der Waals surface area contributed by atoms with E-state index in [9.17, 15) is 9.59 Å². The van der Waals surface area contributed by atoms with Crippen LogP contribution in [0.1, 0.15) is 25.5 Å². The second-order valence-electron chi connectivity index (χ2n) is 5.80. The number of ether oxygens (including phenoxy) is 1. The minimum Gasteiger partial charge on any atom is -0.450 e. The van der Waals surface area contributed by atoms with Crippen molar-refractivity contribution in [2.24, 2.45) is 0 Å². The fourth-order valence-corrected chi connectivity index (χ4v) is 2.75. The van der Waals surface area contributed by atoms with Crippen molar-refractivity contribution in [3.05, 3.63) is 34.9 Å². The quantitative estimate of drug-likeness (QED) is 0.882. The summed E-state index contributed by atoms with van der Waals surface area (Å²) < 4.78 is 4.99. The van der Waals surface area contributed by atoms with Gasteiger partial charge < -0.3 is 15.0 Å². The van der Waals surface area contributed by atoms with Gasteiger partial charge in [-0.1, -0.05) is 23.7 Å². The Labute approximate surface area is 147 Å². The maximum absolute atomic E-state index is 12.2. The zero-order valence-electron chi connectivity index (χ0n) is 14.1. The third-order valence-corrected chi connectivity index (χ3v) is 4.26. The van der Waals surface area contributed by atoms with Gasteiger partial charge in [-0.2, -0.15) is 0 Å². The van der Waals surface area contributed by atoms with E-state index in [4.69, 9.17) is 16.3 Å². The van der Waals surface area contributed by atoms with Crippen LogP contribution in [0.25, 0.3) is 0 Å². The highest BCUT2D eigenvalue weighted by molar-refractivity contribution is 6.30. The minimum absolute atomic E-state index is 0.0259. The molecule has 6 nitrogen and oxygen atoms in total. The molecule has 1 N–H and O–H groups in total. The van der Waals surface area contributed by atoms with Crippen molar-refractivity contribution < 1.29 is 14.3 Å². The van der Waals surface area contributed by atoms with Crippen molar-refractivity contribution in [2.75, 3.05) is 39.3 Å². The number of nitrogens with zero attached hydrogens (tertiary/aromatic N) is 2. The lowest BCUT2D eigenvalue weighted by Crippen LogP contribution is -2.51. The van der Waals surface area contributed by atoms with Crippen molar-refractivity contribution in [1.82, 2.24) is 15.1 Å². The van der Waals surface area contributed by atoms with Crippen molar-refractivity contribution in [3.8, 4) is 0 Å². The van der Waals surface area contributed by atoms with Crippen molar-refractivity contribution >= 4 is 23.6 Å². The molecule has 0 aromatic heterocycles. The molecule has 7 heteroatoms. The monoisotopic (exact) mass is 353 g/mol. The summed E-state index contributed by atoms with van der Waals surface area (Å²) in [5, 5.41) is 3.67. The van der Waals surface area contributed by atoms with Crippen LogP contribution in [-0.2, 0) is 9.53 Å². The van der Waals surface area contributed by atoms with Crippen molar-refractivity contribution in [1.29, 1.82) is 0 Å². The molecule has 1 aliphatic rings. The lowest BCUT2D eigenvalue weighted by Gasteiger charge is -2.33. The number of benzene rings is 1. The molecule has 1 heterocycles. The number of halogens is 1. The third-order valence-electron chi connectivity index (χ3n) is 4.01. The number of hydrogen-bond donors (Lipinski definition) is 1. The average Bonchev–Trinajstić information content (AvgIpc) is 2.56. The number of nitrogens with one attached hydrogen (secondary N) is 1. The first-order valence-electron chi connectivity index (χ1n) is 8.18. The maximum Gasteiger partial charge on any atom is 0.409 e. The molecule has 0 bridgehead atoms. The summed E-state index contributed by atoms with van der Waals surface area (Å²) in [5.74, 6) is -0.0259. The molecule has 0 saturated carbocycles. The number of piperazine rings is 1. The molecule has 0 spiro atoms. The third kappa shape index (κ3) is 5.39. The van der Waals surface area contributed by atoms with Crippen LogP contribution in [0, 0.1) is 0 Å². The second-order valence-corrected chi connectivity index (χ2v) is 6.24. The van der Waals surface area contributed by atoms with Crippen LogP contribution in [0.3, 0.4) is 0 Å². The van der Waals surface area contributed by atoms with E-state index in [0.717, 1.165) is 5.56 Å². The number of amides is 2. The van der Waals surface area contributed by atoms with Gasteiger partial charge in [0.05, 0.1) is 19.2 Å². The Hall–Kier alpha value is -1.79.